The standard InChI is InChI=1S/C13H26N2S/c1-11-4-3-6-15(9-11)12(2)8-14-13-5-7-16-10-13/h11-14H,3-10H2,1-2H3. The molecule has 2 heterocycles. The SMILES string of the molecule is CC1CCCN(C(C)CNC2CCSC2)C1. The minimum Gasteiger partial charge on any atom is -0.312 e. The Morgan fingerprint density at radius 2 is 2.31 bits per heavy atom. The first-order valence-electron chi connectivity index (χ1n) is 6.81. The van der Waals surface area contributed by atoms with E-state index in [1.54, 1.807) is 0 Å². The van der Waals surface area contributed by atoms with E-state index < -0.39 is 0 Å². The van der Waals surface area contributed by atoms with Gasteiger partial charge in [0, 0.05) is 30.9 Å². The molecular formula is C13H26N2S. The lowest BCUT2D eigenvalue weighted by molar-refractivity contribution is 0.135. The Kier molecular flexibility index (Phi) is 4.98. The maximum atomic E-state index is 3.73. The van der Waals surface area contributed by atoms with Gasteiger partial charge in [-0.3, -0.25) is 4.90 Å². The molecule has 2 nitrogen and oxygen atoms in total. The van der Waals surface area contributed by atoms with Crippen molar-refractivity contribution in [3.8, 4) is 0 Å². The van der Waals surface area contributed by atoms with E-state index in [1.807, 2.05) is 0 Å². The number of hydrogen-bond donors (Lipinski definition) is 1. The first-order valence-corrected chi connectivity index (χ1v) is 7.96. The molecule has 2 aliphatic rings. The van der Waals surface area contributed by atoms with Crippen LogP contribution >= 0.6 is 11.8 Å². The molecule has 3 atom stereocenters. The zero-order chi connectivity index (χ0) is 11.4. The molecule has 0 spiro atoms. The number of rotatable bonds is 4. The summed E-state index contributed by atoms with van der Waals surface area (Å²) in [6.45, 7) is 8.57. The third-order valence-electron chi connectivity index (χ3n) is 3.94. The van der Waals surface area contributed by atoms with Crippen molar-refractivity contribution in [3.63, 3.8) is 0 Å². The predicted molar refractivity (Wildman–Crippen MR) is 73.2 cm³/mol. The number of hydrogen-bond acceptors (Lipinski definition) is 3. The van der Waals surface area contributed by atoms with Gasteiger partial charge in [0.05, 0.1) is 0 Å². The molecule has 0 aromatic carbocycles. The van der Waals surface area contributed by atoms with Crippen LogP contribution in [0.1, 0.15) is 33.1 Å². The highest BCUT2D eigenvalue weighted by Gasteiger charge is 2.22. The van der Waals surface area contributed by atoms with Crippen LogP contribution in [0, 0.1) is 5.92 Å². The van der Waals surface area contributed by atoms with Crippen molar-refractivity contribution in [2.24, 2.45) is 5.92 Å². The van der Waals surface area contributed by atoms with Crippen LogP contribution in [0.15, 0.2) is 0 Å². The third-order valence-corrected chi connectivity index (χ3v) is 5.11. The molecule has 2 fully saturated rings. The van der Waals surface area contributed by atoms with Crippen LogP contribution in [0.2, 0.25) is 0 Å². The Morgan fingerprint density at radius 3 is 3.00 bits per heavy atom. The summed E-state index contributed by atoms with van der Waals surface area (Å²) in [5.41, 5.74) is 0. The lowest BCUT2D eigenvalue weighted by atomic mass is 9.99. The van der Waals surface area contributed by atoms with Crippen molar-refractivity contribution in [3.05, 3.63) is 0 Å². The van der Waals surface area contributed by atoms with E-state index in [1.165, 1.54) is 50.4 Å². The van der Waals surface area contributed by atoms with Crippen molar-refractivity contribution in [2.75, 3.05) is 31.1 Å². The van der Waals surface area contributed by atoms with Crippen LogP contribution in [0.5, 0.6) is 0 Å². The van der Waals surface area contributed by atoms with E-state index in [2.05, 4.69) is 35.8 Å². The quantitative estimate of drug-likeness (QED) is 0.814. The molecule has 0 radical (unpaired) electrons. The van der Waals surface area contributed by atoms with Gasteiger partial charge >= 0.3 is 0 Å². The maximum Gasteiger partial charge on any atom is 0.0192 e. The molecule has 0 amide bonds. The van der Waals surface area contributed by atoms with Crippen LogP contribution in [-0.2, 0) is 0 Å². The van der Waals surface area contributed by atoms with Crippen molar-refractivity contribution < 1.29 is 0 Å². The molecule has 0 aliphatic carbocycles. The minimum absolute atomic E-state index is 0.716. The average Bonchev–Trinajstić information content (AvgIpc) is 2.78. The van der Waals surface area contributed by atoms with Crippen molar-refractivity contribution in [2.45, 2.75) is 45.2 Å². The van der Waals surface area contributed by atoms with E-state index >= 15 is 0 Å². The summed E-state index contributed by atoms with van der Waals surface area (Å²) in [7, 11) is 0. The number of nitrogens with zero attached hydrogens (tertiary/aromatic N) is 1. The van der Waals surface area contributed by atoms with Gasteiger partial charge < -0.3 is 5.32 Å². The summed E-state index contributed by atoms with van der Waals surface area (Å²) >= 11 is 2.09. The lowest BCUT2D eigenvalue weighted by Crippen LogP contribution is -2.47. The highest BCUT2D eigenvalue weighted by atomic mass is 32.2. The molecule has 2 rings (SSSR count). The number of thioether (sulfide) groups is 1. The van der Waals surface area contributed by atoms with Crippen LogP contribution in [0.4, 0.5) is 0 Å². The van der Waals surface area contributed by atoms with Gasteiger partial charge in [0.2, 0.25) is 0 Å². The largest absolute Gasteiger partial charge is 0.312 e. The van der Waals surface area contributed by atoms with Crippen LogP contribution in [-0.4, -0.2) is 48.1 Å². The molecule has 16 heavy (non-hydrogen) atoms. The summed E-state index contributed by atoms with van der Waals surface area (Å²) in [5, 5.41) is 3.73. The fraction of sp³-hybridized carbons (Fsp3) is 1.00. The molecule has 2 saturated heterocycles. The van der Waals surface area contributed by atoms with Gasteiger partial charge in [-0.1, -0.05) is 6.92 Å². The number of piperidine rings is 1. The topological polar surface area (TPSA) is 15.3 Å². The zero-order valence-corrected chi connectivity index (χ0v) is 11.6. The fourth-order valence-corrected chi connectivity index (χ4v) is 3.97. The zero-order valence-electron chi connectivity index (χ0n) is 10.7. The van der Waals surface area contributed by atoms with Gasteiger partial charge in [-0.25, -0.2) is 0 Å². The van der Waals surface area contributed by atoms with Crippen molar-refractivity contribution in [1.29, 1.82) is 0 Å². The second-order valence-corrected chi connectivity index (χ2v) is 6.71. The van der Waals surface area contributed by atoms with Gasteiger partial charge in [0.25, 0.3) is 0 Å². The highest BCUT2D eigenvalue weighted by Crippen LogP contribution is 2.19. The predicted octanol–water partition coefficient (Wildman–Crippen LogP) is 2.20. The summed E-state index contributed by atoms with van der Waals surface area (Å²) < 4.78 is 0. The first-order chi connectivity index (χ1) is 7.75. The van der Waals surface area contributed by atoms with Crippen molar-refractivity contribution >= 4 is 11.8 Å². The number of nitrogens with one attached hydrogen (secondary N) is 1. The van der Waals surface area contributed by atoms with E-state index in [0.717, 1.165) is 12.0 Å². The molecule has 0 bridgehead atoms. The molecular weight excluding hydrogens is 216 g/mol. The van der Waals surface area contributed by atoms with E-state index in [0.29, 0.717) is 6.04 Å². The molecule has 1 N–H and O–H groups in total. The minimum atomic E-state index is 0.716. The summed E-state index contributed by atoms with van der Waals surface area (Å²) in [4.78, 5) is 2.67. The molecule has 94 valence electrons. The molecule has 0 aromatic rings. The lowest BCUT2D eigenvalue weighted by Gasteiger charge is -2.36. The maximum absolute atomic E-state index is 3.73. The Bertz CT molecular complexity index is 204. The van der Waals surface area contributed by atoms with Crippen LogP contribution in [0.25, 0.3) is 0 Å². The number of likely N-dealkylation sites (tertiary alicyclic amines) is 1. The van der Waals surface area contributed by atoms with Gasteiger partial charge in [0.1, 0.15) is 0 Å². The Labute approximate surface area is 105 Å². The summed E-state index contributed by atoms with van der Waals surface area (Å²) in [5.74, 6) is 3.58. The van der Waals surface area contributed by atoms with Crippen LogP contribution < -0.4 is 5.32 Å². The van der Waals surface area contributed by atoms with Gasteiger partial charge in [-0.05, 0) is 44.4 Å². The highest BCUT2D eigenvalue weighted by molar-refractivity contribution is 7.99. The second kappa shape index (κ2) is 6.27. The van der Waals surface area contributed by atoms with Crippen molar-refractivity contribution in [1.82, 2.24) is 10.2 Å². The van der Waals surface area contributed by atoms with Gasteiger partial charge in [-0.15, -0.1) is 0 Å². The van der Waals surface area contributed by atoms with E-state index in [-0.39, 0.29) is 0 Å². The Balaban J connectivity index is 1.67. The Morgan fingerprint density at radius 1 is 1.44 bits per heavy atom. The smallest absolute Gasteiger partial charge is 0.0192 e. The Hall–Kier alpha value is 0.270. The molecule has 0 saturated carbocycles. The molecule has 2 aliphatic heterocycles. The molecule has 3 heteroatoms. The second-order valence-electron chi connectivity index (χ2n) is 5.56. The monoisotopic (exact) mass is 242 g/mol. The van der Waals surface area contributed by atoms with E-state index in [4.69, 9.17) is 0 Å². The fourth-order valence-electron chi connectivity index (χ4n) is 2.79. The summed E-state index contributed by atoms with van der Waals surface area (Å²) in [6.07, 6.45) is 4.19. The van der Waals surface area contributed by atoms with Gasteiger partial charge in [0.15, 0.2) is 0 Å². The normalized spacial score (nSPS) is 34.1. The molecule has 0 aromatic heterocycles. The van der Waals surface area contributed by atoms with Gasteiger partial charge in [-0.2, -0.15) is 11.8 Å². The average molecular weight is 242 g/mol. The third kappa shape index (κ3) is 3.64. The van der Waals surface area contributed by atoms with E-state index in [9.17, 15) is 0 Å². The molecule has 3 unspecified atom stereocenters. The summed E-state index contributed by atoms with van der Waals surface area (Å²) in [6, 6.07) is 1.50. The van der Waals surface area contributed by atoms with Crippen LogP contribution in [0.3, 0.4) is 0 Å². The first kappa shape index (κ1) is 12.7.